The fourth-order valence-electron chi connectivity index (χ4n) is 3.43. The molecule has 0 spiro atoms. The summed E-state index contributed by atoms with van der Waals surface area (Å²) in [5.41, 5.74) is 2.25. The molecule has 0 radical (unpaired) electrons. The van der Waals surface area contributed by atoms with Crippen molar-refractivity contribution in [3.05, 3.63) is 69.9 Å². The van der Waals surface area contributed by atoms with Crippen LogP contribution in [0, 0.1) is 5.82 Å². The van der Waals surface area contributed by atoms with Gasteiger partial charge in [-0.1, -0.05) is 13.0 Å². The van der Waals surface area contributed by atoms with Crippen LogP contribution in [0.4, 0.5) is 4.39 Å². The lowest BCUT2D eigenvalue weighted by molar-refractivity contribution is 0.0651. The van der Waals surface area contributed by atoms with Crippen molar-refractivity contribution in [1.29, 1.82) is 0 Å². The van der Waals surface area contributed by atoms with Gasteiger partial charge in [-0.3, -0.25) is 4.79 Å². The van der Waals surface area contributed by atoms with Crippen LogP contribution in [0.1, 0.15) is 40.3 Å². The van der Waals surface area contributed by atoms with Gasteiger partial charge >= 0.3 is 0 Å². The maximum Gasteiger partial charge on any atom is 0.274 e. The van der Waals surface area contributed by atoms with Crippen LogP contribution in [0.15, 0.2) is 48.0 Å². The fraction of sp³-hybridized carbons (Fsp3) is 0.263. The smallest absolute Gasteiger partial charge is 0.274 e. The number of carbonyl (C=O) groups excluding carboxylic acids is 1. The van der Waals surface area contributed by atoms with E-state index in [1.54, 1.807) is 35.7 Å². The summed E-state index contributed by atoms with van der Waals surface area (Å²) in [5, 5.41) is 6.47. The van der Waals surface area contributed by atoms with Gasteiger partial charge in [0.25, 0.3) is 5.91 Å². The van der Waals surface area contributed by atoms with E-state index >= 15 is 0 Å². The van der Waals surface area contributed by atoms with Gasteiger partial charge in [0.2, 0.25) is 0 Å². The first-order chi connectivity index (χ1) is 12.2. The van der Waals surface area contributed by atoms with Crippen LogP contribution < -0.4 is 0 Å². The zero-order valence-electron chi connectivity index (χ0n) is 13.9. The number of benzene rings is 1. The molecule has 1 atom stereocenters. The van der Waals surface area contributed by atoms with Crippen LogP contribution in [0.25, 0.3) is 5.69 Å². The highest BCUT2D eigenvalue weighted by molar-refractivity contribution is 7.10. The molecule has 0 saturated carbocycles. The molecule has 3 heterocycles. The molecular weight excluding hydrogens is 337 g/mol. The van der Waals surface area contributed by atoms with E-state index in [0.29, 0.717) is 17.9 Å². The average Bonchev–Trinajstić information content (AvgIpc) is 3.29. The summed E-state index contributed by atoms with van der Waals surface area (Å²) in [6.07, 6.45) is 3.46. The second-order valence-corrected chi connectivity index (χ2v) is 7.10. The summed E-state index contributed by atoms with van der Waals surface area (Å²) in [4.78, 5) is 16.3. The van der Waals surface area contributed by atoms with E-state index in [9.17, 15) is 9.18 Å². The summed E-state index contributed by atoms with van der Waals surface area (Å²) in [7, 11) is 0. The Morgan fingerprint density at radius 3 is 3.04 bits per heavy atom. The van der Waals surface area contributed by atoms with Crippen molar-refractivity contribution in [1.82, 2.24) is 14.7 Å². The van der Waals surface area contributed by atoms with E-state index in [2.05, 4.69) is 23.5 Å². The molecule has 25 heavy (non-hydrogen) atoms. The van der Waals surface area contributed by atoms with Gasteiger partial charge in [-0.2, -0.15) is 5.10 Å². The van der Waals surface area contributed by atoms with Crippen molar-refractivity contribution < 1.29 is 9.18 Å². The van der Waals surface area contributed by atoms with E-state index in [4.69, 9.17) is 0 Å². The van der Waals surface area contributed by atoms with Crippen molar-refractivity contribution in [2.45, 2.75) is 25.8 Å². The maximum absolute atomic E-state index is 13.4. The summed E-state index contributed by atoms with van der Waals surface area (Å²) >= 11 is 1.76. The SMILES string of the molecule is CCC1c2ccsc2CCN1C(=O)c1ccn(-c2cccc(F)c2)n1. The minimum absolute atomic E-state index is 0.0705. The number of carbonyl (C=O) groups is 1. The molecule has 4 rings (SSSR count). The van der Waals surface area contributed by atoms with Crippen molar-refractivity contribution in [3.8, 4) is 5.69 Å². The van der Waals surface area contributed by atoms with Crippen LogP contribution >= 0.6 is 11.3 Å². The van der Waals surface area contributed by atoms with Crippen molar-refractivity contribution in [2.24, 2.45) is 0 Å². The van der Waals surface area contributed by atoms with Gasteiger partial charge in [0.15, 0.2) is 5.69 Å². The molecular formula is C19H18FN3OS. The van der Waals surface area contributed by atoms with E-state index in [0.717, 1.165) is 12.8 Å². The molecule has 1 aliphatic rings. The molecule has 0 saturated heterocycles. The maximum atomic E-state index is 13.4. The minimum atomic E-state index is -0.326. The molecule has 0 N–H and O–H groups in total. The number of hydrogen-bond acceptors (Lipinski definition) is 3. The van der Waals surface area contributed by atoms with Crippen LogP contribution in [0.2, 0.25) is 0 Å². The number of hydrogen-bond donors (Lipinski definition) is 0. The molecule has 128 valence electrons. The average molecular weight is 355 g/mol. The first kappa shape index (κ1) is 16.0. The van der Waals surface area contributed by atoms with Gasteiger partial charge in [-0.25, -0.2) is 9.07 Å². The van der Waals surface area contributed by atoms with Crippen LogP contribution in [0.3, 0.4) is 0 Å². The van der Waals surface area contributed by atoms with E-state index in [1.165, 1.54) is 27.3 Å². The van der Waals surface area contributed by atoms with Crippen molar-refractivity contribution >= 4 is 17.2 Å². The quantitative estimate of drug-likeness (QED) is 0.705. The third kappa shape index (κ3) is 2.87. The number of aromatic nitrogens is 2. The summed E-state index contributed by atoms with van der Waals surface area (Å²) in [5.74, 6) is -0.396. The molecule has 1 amide bonds. The van der Waals surface area contributed by atoms with Crippen molar-refractivity contribution in [3.63, 3.8) is 0 Å². The van der Waals surface area contributed by atoms with Crippen LogP contribution in [-0.2, 0) is 6.42 Å². The Bertz CT molecular complexity index is 917. The molecule has 0 aliphatic carbocycles. The van der Waals surface area contributed by atoms with E-state index in [-0.39, 0.29) is 17.8 Å². The molecule has 3 aromatic rings. The highest BCUT2D eigenvalue weighted by Crippen LogP contribution is 2.35. The fourth-order valence-corrected chi connectivity index (χ4v) is 4.36. The molecule has 0 bridgehead atoms. The first-order valence-corrected chi connectivity index (χ1v) is 9.24. The normalized spacial score (nSPS) is 16.7. The predicted molar refractivity (Wildman–Crippen MR) is 95.6 cm³/mol. The number of fused-ring (bicyclic) bond motifs is 1. The predicted octanol–water partition coefficient (Wildman–Crippen LogP) is 4.22. The van der Waals surface area contributed by atoms with Crippen molar-refractivity contribution in [2.75, 3.05) is 6.54 Å². The van der Waals surface area contributed by atoms with E-state index < -0.39 is 0 Å². The zero-order chi connectivity index (χ0) is 17.4. The molecule has 0 fully saturated rings. The Morgan fingerprint density at radius 1 is 1.36 bits per heavy atom. The third-order valence-electron chi connectivity index (χ3n) is 4.62. The molecule has 2 aromatic heterocycles. The van der Waals surface area contributed by atoms with Gasteiger partial charge in [-0.15, -0.1) is 11.3 Å². The number of thiophene rings is 1. The first-order valence-electron chi connectivity index (χ1n) is 8.36. The Hall–Kier alpha value is -2.47. The second kappa shape index (κ2) is 6.44. The molecule has 1 aliphatic heterocycles. The lowest BCUT2D eigenvalue weighted by Crippen LogP contribution is -2.39. The molecule has 1 unspecified atom stereocenters. The Labute approximate surface area is 149 Å². The summed E-state index contributed by atoms with van der Waals surface area (Å²) in [6, 6.07) is 10.1. The molecule has 1 aromatic carbocycles. The Balaban J connectivity index is 1.61. The zero-order valence-corrected chi connectivity index (χ0v) is 14.7. The Kier molecular flexibility index (Phi) is 4.13. The van der Waals surface area contributed by atoms with E-state index in [1.807, 2.05) is 4.90 Å². The number of halogens is 1. The topological polar surface area (TPSA) is 38.1 Å². The summed E-state index contributed by atoms with van der Waals surface area (Å²) in [6.45, 7) is 2.81. The Morgan fingerprint density at radius 2 is 2.24 bits per heavy atom. The van der Waals surface area contributed by atoms with Gasteiger partial charge in [0, 0.05) is 17.6 Å². The largest absolute Gasteiger partial charge is 0.330 e. The van der Waals surface area contributed by atoms with Gasteiger partial charge in [0.05, 0.1) is 11.7 Å². The number of nitrogens with zero attached hydrogens (tertiary/aromatic N) is 3. The number of amides is 1. The van der Waals surface area contributed by atoms with Gasteiger partial charge in [0.1, 0.15) is 5.82 Å². The minimum Gasteiger partial charge on any atom is -0.330 e. The highest BCUT2D eigenvalue weighted by Gasteiger charge is 2.31. The molecule has 6 heteroatoms. The standard InChI is InChI=1S/C19H18FN3OS/c1-2-17-15-8-11-25-18(15)7-9-22(17)19(24)16-6-10-23(21-16)14-5-3-4-13(20)12-14/h3-6,8,10-12,17H,2,7,9H2,1H3. The highest BCUT2D eigenvalue weighted by atomic mass is 32.1. The summed E-state index contributed by atoms with van der Waals surface area (Å²) < 4.78 is 14.9. The monoisotopic (exact) mass is 355 g/mol. The number of rotatable bonds is 3. The third-order valence-corrected chi connectivity index (χ3v) is 5.62. The molecule has 4 nitrogen and oxygen atoms in total. The van der Waals surface area contributed by atoms with Crippen LogP contribution in [0.5, 0.6) is 0 Å². The second-order valence-electron chi connectivity index (χ2n) is 6.10. The van der Waals surface area contributed by atoms with Crippen LogP contribution in [-0.4, -0.2) is 27.1 Å². The lowest BCUT2D eigenvalue weighted by atomic mass is 9.97. The lowest BCUT2D eigenvalue weighted by Gasteiger charge is -2.35. The van der Waals surface area contributed by atoms with Gasteiger partial charge < -0.3 is 4.90 Å². The van der Waals surface area contributed by atoms with Gasteiger partial charge in [-0.05, 0) is 54.1 Å².